The zero-order valence-corrected chi connectivity index (χ0v) is 22.2. The number of aliphatic hydroxyl groups excluding tert-OH is 1. The number of β-lactam (4-membered cyclic amide) rings is 1. The molecule has 3 aromatic rings. The van der Waals surface area contributed by atoms with E-state index < -0.39 is 46.9 Å². The van der Waals surface area contributed by atoms with Gasteiger partial charge in [-0.25, -0.2) is 4.79 Å². The first-order valence-corrected chi connectivity index (χ1v) is 12.9. The average Bonchev–Trinajstić information content (AvgIpc) is 2.98. The van der Waals surface area contributed by atoms with Crippen LogP contribution < -0.4 is 10.1 Å². The van der Waals surface area contributed by atoms with Gasteiger partial charge in [-0.2, -0.15) is 0 Å². The minimum atomic E-state index is -1.36. The summed E-state index contributed by atoms with van der Waals surface area (Å²) in [5.74, 6) is -1.46. The van der Waals surface area contributed by atoms with Gasteiger partial charge in [0.15, 0.2) is 12.6 Å². The van der Waals surface area contributed by atoms with Gasteiger partial charge in [0.1, 0.15) is 18.4 Å². The molecular weight excluding hydrogens is 530 g/mol. The molecule has 4 atom stereocenters. The second-order valence-corrected chi connectivity index (χ2v) is 9.37. The molecule has 1 aliphatic heterocycles. The van der Waals surface area contributed by atoms with Crippen molar-refractivity contribution in [2.75, 3.05) is 6.61 Å². The first-order valence-electron chi connectivity index (χ1n) is 12.9. The molecule has 2 amide bonds. The summed E-state index contributed by atoms with van der Waals surface area (Å²) in [4.78, 5) is 50.5. The van der Waals surface area contributed by atoms with E-state index in [2.05, 4.69) is 5.32 Å². The minimum absolute atomic E-state index is 0.108. The standard InChI is InChI=1S/C30H29N3O8/c1-20(34)28(30(37)41-18-22-12-15-23(16-13-22)33(38)39)32-25(17-14-21-8-4-2-5-9-21)27(29(32)36)31-26(35)19-40-24-10-6-3-7-11-24/h2-17,20,25,27-28,34H,18-19H2,1H3,(H,31,35)/t20?,25-,27+,28?/m0/s1. The van der Waals surface area contributed by atoms with Crippen molar-refractivity contribution in [2.24, 2.45) is 0 Å². The Labute approximate surface area is 236 Å². The van der Waals surface area contributed by atoms with E-state index in [1.165, 1.54) is 36.1 Å². The summed E-state index contributed by atoms with van der Waals surface area (Å²) in [6.45, 7) is 0.826. The molecule has 0 aliphatic carbocycles. The number of carbonyl (C=O) groups excluding carboxylic acids is 3. The molecule has 1 saturated heterocycles. The summed E-state index contributed by atoms with van der Waals surface area (Å²) in [5, 5.41) is 24.0. The molecule has 41 heavy (non-hydrogen) atoms. The van der Waals surface area contributed by atoms with Crippen LogP contribution in [0.5, 0.6) is 5.75 Å². The number of non-ortho nitro benzene ring substituents is 1. The lowest BCUT2D eigenvalue weighted by molar-refractivity contribution is -0.384. The number of likely N-dealkylation sites (tertiary alicyclic amines) is 1. The molecule has 11 heteroatoms. The topological polar surface area (TPSA) is 148 Å². The van der Waals surface area contributed by atoms with E-state index in [0.29, 0.717) is 11.3 Å². The first kappa shape index (κ1) is 29.0. The minimum Gasteiger partial charge on any atom is -0.484 e. The smallest absolute Gasteiger partial charge is 0.331 e. The van der Waals surface area contributed by atoms with E-state index >= 15 is 0 Å². The van der Waals surface area contributed by atoms with Gasteiger partial charge in [0.05, 0.1) is 17.1 Å². The largest absolute Gasteiger partial charge is 0.484 e. The van der Waals surface area contributed by atoms with E-state index in [-0.39, 0.29) is 18.9 Å². The van der Waals surface area contributed by atoms with Gasteiger partial charge in [0.2, 0.25) is 5.91 Å². The Balaban J connectivity index is 1.48. The van der Waals surface area contributed by atoms with Crippen LogP contribution in [0.1, 0.15) is 18.1 Å². The highest BCUT2D eigenvalue weighted by Crippen LogP contribution is 2.28. The number of ether oxygens (including phenoxy) is 2. The van der Waals surface area contributed by atoms with Gasteiger partial charge >= 0.3 is 5.97 Å². The van der Waals surface area contributed by atoms with Crippen LogP contribution in [0.3, 0.4) is 0 Å². The number of nitro groups is 1. The third-order valence-electron chi connectivity index (χ3n) is 6.42. The Kier molecular flexibility index (Phi) is 9.43. The lowest BCUT2D eigenvalue weighted by Crippen LogP contribution is -2.75. The van der Waals surface area contributed by atoms with Gasteiger partial charge in [-0.05, 0) is 42.3 Å². The van der Waals surface area contributed by atoms with Crippen molar-refractivity contribution >= 4 is 29.5 Å². The quantitative estimate of drug-likeness (QED) is 0.149. The molecule has 0 aromatic heterocycles. The zero-order chi connectivity index (χ0) is 29.4. The third-order valence-corrected chi connectivity index (χ3v) is 6.42. The Morgan fingerprint density at radius 1 is 1.05 bits per heavy atom. The van der Waals surface area contributed by atoms with Crippen molar-refractivity contribution in [3.05, 3.63) is 112 Å². The predicted octanol–water partition coefficient (Wildman–Crippen LogP) is 2.88. The molecule has 0 saturated carbocycles. The monoisotopic (exact) mass is 559 g/mol. The fourth-order valence-corrected chi connectivity index (χ4v) is 4.36. The number of hydrogen-bond acceptors (Lipinski definition) is 8. The molecule has 1 heterocycles. The van der Waals surface area contributed by atoms with E-state index in [4.69, 9.17) is 9.47 Å². The normalized spacial score (nSPS) is 17.8. The summed E-state index contributed by atoms with van der Waals surface area (Å²) in [6.07, 6.45) is 2.14. The summed E-state index contributed by atoms with van der Waals surface area (Å²) < 4.78 is 10.9. The summed E-state index contributed by atoms with van der Waals surface area (Å²) in [5.41, 5.74) is 1.22. The molecule has 212 valence electrons. The molecule has 3 aromatic carbocycles. The number of nitro benzene ring substituents is 1. The molecule has 4 rings (SSSR count). The zero-order valence-electron chi connectivity index (χ0n) is 22.2. The summed E-state index contributed by atoms with van der Waals surface area (Å²) in [7, 11) is 0. The van der Waals surface area contributed by atoms with Crippen LogP contribution in [0.25, 0.3) is 6.08 Å². The highest BCUT2D eigenvalue weighted by atomic mass is 16.6. The predicted molar refractivity (Wildman–Crippen MR) is 148 cm³/mol. The van der Waals surface area contributed by atoms with E-state index in [1.54, 1.807) is 36.4 Å². The van der Waals surface area contributed by atoms with Crippen LogP contribution in [0.15, 0.2) is 91.0 Å². The number of esters is 1. The Morgan fingerprint density at radius 3 is 2.29 bits per heavy atom. The maximum absolute atomic E-state index is 13.3. The van der Waals surface area contributed by atoms with Gasteiger partial charge in [-0.1, -0.05) is 60.7 Å². The van der Waals surface area contributed by atoms with Crippen molar-refractivity contribution < 1.29 is 33.9 Å². The van der Waals surface area contributed by atoms with Crippen molar-refractivity contribution in [1.29, 1.82) is 0 Å². The second-order valence-electron chi connectivity index (χ2n) is 9.37. The highest BCUT2D eigenvalue weighted by molar-refractivity contribution is 5.97. The van der Waals surface area contributed by atoms with E-state index in [9.17, 15) is 29.6 Å². The molecule has 1 aliphatic rings. The van der Waals surface area contributed by atoms with Crippen LogP contribution in [-0.2, 0) is 25.7 Å². The number of aliphatic hydroxyl groups is 1. The summed E-state index contributed by atoms with van der Waals surface area (Å²) >= 11 is 0. The van der Waals surface area contributed by atoms with Crippen molar-refractivity contribution in [2.45, 2.75) is 37.8 Å². The first-order chi connectivity index (χ1) is 19.7. The Morgan fingerprint density at radius 2 is 1.68 bits per heavy atom. The lowest BCUT2D eigenvalue weighted by atomic mass is 9.89. The fourth-order valence-electron chi connectivity index (χ4n) is 4.36. The van der Waals surface area contributed by atoms with Gasteiger partial charge in [-0.3, -0.25) is 19.7 Å². The molecule has 1 fully saturated rings. The molecule has 0 radical (unpaired) electrons. The number of nitrogens with zero attached hydrogens (tertiary/aromatic N) is 2. The van der Waals surface area contributed by atoms with Crippen LogP contribution in [0.4, 0.5) is 5.69 Å². The fraction of sp³-hybridized carbons (Fsp3) is 0.233. The number of nitrogens with one attached hydrogen (secondary N) is 1. The number of para-hydroxylation sites is 1. The highest BCUT2D eigenvalue weighted by Gasteiger charge is 2.53. The third kappa shape index (κ3) is 7.34. The van der Waals surface area contributed by atoms with Crippen molar-refractivity contribution in [1.82, 2.24) is 10.2 Å². The lowest BCUT2D eigenvalue weighted by Gasteiger charge is -2.49. The van der Waals surface area contributed by atoms with Gasteiger partial charge in [0, 0.05) is 12.1 Å². The average molecular weight is 560 g/mol. The second kappa shape index (κ2) is 13.4. The van der Waals surface area contributed by atoms with E-state index in [1.807, 2.05) is 36.4 Å². The summed E-state index contributed by atoms with van der Waals surface area (Å²) in [6, 6.07) is 20.3. The molecule has 0 spiro atoms. The Hall–Kier alpha value is -5.03. The molecule has 2 N–H and O–H groups in total. The number of rotatable bonds is 12. The number of hydrogen-bond donors (Lipinski definition) is 2. The van der Waals surface area contributed by atoms with Crippen LogP contribution in [0, 0.1) is 10.1 Å². The molecule has 11 nitrogen and oxygen atoms in total. The number of benzene rings is 3. The number of carbonyl (C=O) groups is 3. The SMILES string of the molecule is CC(O)C(C(=O)OCc1ccc([N+](=O)[O-])cc1)N1C(=O)[C@H](NC(=O)COc2ccccc2)[C@@H]1C=Cc1ccccc1. The molecule has 0 bridgehead atoms. The van der Waals surface area contributed by atoms with Crippen LogP contribution in [-0.4, -0.2) is 63.5 Å². The van der Waals surface area contributed by atoms with E-state index in [0.717, 1.165) is 5.56 Å². The maximum Gasteiger partial charge on any atom is 0.331 e. The van der Waals surface area contributed by atoms with Gasteiger partial charge < -0.3 is 24.8 Å². The number of amides is 2. The van der Waals surface area contributed by atoms with Crippen LogP contribution >= 0.6 is 0 Å². The molecule has 2 unspecified atom stereocenters. The van der Waals surface area contributed by atoms with Gasteiger partial charge in [0.25, 0.3) is 11.6 Å². The maximum atomic E-state index is 13.3. The Bertz CT molecular complexity index is 1390. The van der Waals surface area contributed by atoms with Crippen molar-refractivity contribution in [3.63, 3.8) is 0 Å². The molecular formula is C30H29N3O8. The van der Waals surface area contributed by atoms with Crippen molar-refractivity contribution in [3.8, 4) is 5.75 Å². The van der Waals surface area contributed by atoms with Gasteiger partial charge in [-0.15, -0.1) is 0 Å². The van der Waals surface area contributed by atoms with Crippen LogP contribution in [0.2, 0.25) is 0 Å².